The van der Waals surface area contributed by atoms with Gasteiger partial charge in [-0.1, -0.05) is 6.92 Å². The Morgan fingerprint density at radius 3 is 2.73 bits per heavy atom. The lowest BCUT2D eigenvalue weighted by atomic mass is 9.82. The molecule has 1 aromatic rings. The van der Waals surface area contributed by atoms with Crippen LogP contribution in [0.3, 0.4) is 0 Å². The second-order valence-corrected chi connectivity index (χ2v) is 5.60. The first kappa shape index (κ1) is 11.1. The van der Waals surface area contributed by atoms with Crippen molar-refractivity contribution >= 4 is 11.3 Å². The zero-order chi connectivity index (χ0) is 10.7. The van der Waals surface area contributed by atoms with Gasteiger partial charge in [-0.2, -0.15) is 0 Å². The quantitative estimate of drug-likeness (QED) is 0.805. The summed E-state index contributed by atoms with van der Waals surface area (Å²) in [6, 6.07) is 4.43. The van der Waals surface area contributed by atoms with Crippen molar-refractivity contribution in [1.82, 2.24) is 5.32 Å². The van der Waals surface area contributed by atoms with Gasteiger partial charge in [-0.25, -0.2) is 0 Å². The first-order valence-electron chi connectivity index (χ1n) is 5.74. The summed E-state index contributed by atoms with van der Waals surface area (Å²) in [5.74, 6) is 0.700. The van der Waals surface area contributed by atoms with E-state index < -0.39 is 0 Å². The van der Waals surface area contributed by atoms with Gasteiger partial charge in [-0.3, -0.25) is 0 Å². The monoisotopic (exact) mass is 225 g/mol. The smallest absolute Gasteiger partial charge is 0.0546 e. The van der Waals surface area contributed by atoms with Crippen LogP contribution in [0.15, 0.2) is 12.1 Å². The molecule has 0 bridgehead atoms. The van der Waals surface area contributed by atoms with E-state index in [0.717, 1.165) is 32.4 Å². The number of hydrogen-bond donors (Lipinski definition) is 2. The fourth-order valence-corrected chi connectivity index (χ4v) is 2.90. The lowest BCUT2D eigenvalue weighted by Crippen LogP contribution is -2.35. The zero-order valence-corrected chi connectivity index (χ0v) is 10.0. The van der Waals surface area contributed by atoms with Crippen LogP contribution >= 0.6 is 11.3 Å². The van der Waals surface area contributed by atoms with Gasteiger partial charge in [-0.15, -0.1) is 11.3 Å². The van der Waals surface area contributed by atoms with E-state index in [1.54, 1.807) is 0 Å². The van der Waals surface area contributed by atoms with Crippen molar-refractivity contribution in [2.24, 2.45) is 5.92 Å². The molecule has 0 atom stereocenters. The van der Waals surface area contributed by atoms with E-state index in [-0.39, 0.29) is 6.10 Å². The van der Waals surface area contributed by atoms with Gasteiger partial charge in [0.25, 0.3) is 0 Å². The highest BCUT2D eigenvalue weighted by Crippen LogP contribution is 2.26. The Balaban J connectivity index is 1.65. The van der Waals surface area contributed by atoms with Gasteiger partial charge in [0, 0.05) is 16.3 Å². The second kappa shape index (κ2) is 5.10. The van der Waals surface area contributed by atoms with Gasteiger partial charge in [0.15, 0.2) is 0 Å². The van der Waals surface area contributed by atoms with Crippen molar-refractivity contribution in [3.05, 3.63) is 21.9 Å². The molecular formula is C12H19NOS. The molecule has 1 heterocycles. The minimum absolute atomic E-state index is 0.0229. The molecule has 1 saturated carbocycles. The minimum Gasteiger partial charge on any atom is -0.393 e. The van der Waals surface area contributed by atoms with Gasteiger partial charge in [0.2, 0.25) is 0 Å². The Morgan fingerprint density at radius 1 is 1.40 bits per heavy atom. The summed E-state index contributed by atoms with van der Waals surface area (Å²) in [7, 11) is 0. The van der Waals surface area contributed by atoms with Crippen LogP contribution in [0.1, 0.15) is 29.5 Å². The lowest BCUT2D eigenvalue weighted by Gasteiger charge is -2.31. The third kappa shape index (κ3) is 3.03. The molecule has 1 aromatic heterocycles. The number of aliphatic hydroxyl groups is 1. The fourth-order valence-electron chi connectivity index (χ4n) is 1.97. The molecule has 3 heteroatoms. The Kier molecular flexibility index (Phi) is 3.78. The third-order valence-electron chi connectivity index (χ3n) is 3.01. The van der Waals surface area contributed by atoms with Crippen molar-refractivity contribution in [1.29, 1.82) is 0 Å². The molecular weight excluding hydrogens is 206 g/mol. The van der Waals surface area contributed by atoms with Gasteiger partial charge in [0.05, 0.1) is 6.10 Å². The zero-order valence-electron chi connectivity index (χ0n) is 9.20. The highest BCUT2D eigenvalue weighted by molar-refractivity contribution is 7.11. The number of hydrogen-bond acceptors (Lipinski definition) is 3. The summed E-state index contributed by atoms with van der Waals surface area (Å²) in [6.07, 6.45) is 3.08. The Hall–Kier alpha value is -0.380. The molecule has 2 N–H and O–H groups in total. The van der Waals surface area contributed by atoms with E-state index in [0.29, 0.717) is 5.92 Å². The normalized spacial score (nSPS) is 25.2. The molecule has 15 heavy (non-hydrogen) atoms. The summed E-state index contributed by atoms with van der Waals surface area (Å²) in [5, 5.41) is 12.6. The minimum atomic E-state index is -0.0229. The van der Waals surface area contributed by atoms with Gasteiger partial charge >= 0.3 is 0 Å². The summed E-state index contributed by atoms with van der Waals surface area (Å²) in [6.45, 7) is 4.23. The highest BCUT2D eigenvalue weighted by Gasteiger charge is 2.26. The van der Waals surface area contributed by atoms with E-state index in [9.17, 15) is 0 Å². The van der Waals surface area contributed by atoms with Crippen LogP contribution in [0.5, 0.6) is 0 Å². The maximum absolute atomic E-state index is 9.14. The molecule has 0 unspecified atom stereocenters. The SMILES string of the molecule is CCc1ccc(CNCC2CC(O)C2)s1. The first-order chi connectivity index (χ1) is 7.28. The average molecular weight is 225 g/mol. The Morgan fingerprint density at radius 2 is 2.13 bits per heavy atom. The molecule has 84 valence electrons. The molecule has 0 saturated heterocycles. The van der Waals surface area contributed by atoms with Crippen LogP contribution in [0.25, 0.3) is 0 Å². The van der Waals surface area contributed by atoms with E-state index in [4.69, 9.17) is 5.11 Å². The van der Waals surface area contributed by atoms with Gasteiger partial charge < -0.3 is 10.4 Å². The molecule has 1 aliphatic carbocycles. The second-order valence-electron chi connectivity index (χ2n) is 4.34. The van der Waals surface area contributed by atoms with E-state index >= 15 is 0 Å². The number of rotatable bonds is 5. The molecule has 1 aliphatic rings. The molecule has 2 rings (SSSR count). The van der Waals surface area contributed by atoms with E-state index in [2.05, 4.69) is 24.4 Å². The van der Waals surface area contributed by atoms with Crippen LogP contribution in [0.2, 0.25) is 0 Å². The first-order valence-corrected chi connectivity index (χ1v) is 6.56. The van der Waals surface area contributed by atoms with Crippen LogP contribution in [0, 0.1) is 5.92 Å². The van der Waals surface area contributed by atoms with Gasteiger partial charge in [0.1, 0.15) is 0 Å². The van der Waals surface area contributed by atoms with Crippen molar-refractivity contribution in [2.75, 3.05) is 6.54 Å². The van der Waals surface area contributed by atoms with E-state index in [1.165, 1.54) is 9.75 Å². The highest BCUT2D eigenvalue weighted by atomic mass is 32.1. The topological polar surface area (TPSA) is 32.3 Å². The molecule has 0 radical (unpaired) electrons. The maximum Gasteiger partial charge on any atom is 0.0546 e. The standard InChI is InChI=1S/C12H19NOS/c1-2-11-3-4-12(15-11)8-13-7-9-5-10(14)6-9/h3-4,9-10,13-14H,2,5-8H2,1H3. The average Bonchev–Trinajstić information content (AvgIpc) is 2.63. The molecule has 2 nitrogen and oxygen atoms in total. The predicted molar refractivity (Wildman–Crippen MR) is 64.1 cm³/mol. The van der Waals surface area contributed by atoms with Gasteiger partial charge in [-0.05, 0) is 43.9 Å². The van der Waals surface area contributed by atoms with Crippen LogP contribution in [0.4, 0.5) is 0 Å². The third-order valence-corrected chi connectivity index (χ3v) is 4.24. The van der Waals surface area contributed by atoms with Crippen LogP contribution < -0.4 is 5.32 Å². The number of thiophene rings is 1. The molecule has 0 amide bonds. The Labute approximate surface area is 95.3 Å². The maximum atomic E-state index is 9.14. The van der Waals surface area contributed by atoms with E-state index in [1.807, 2.05) is 11.3 Å². The summed E-state index contributed by atoms with van der Waals surface area (Å²) < 4.78 is 0. The molecule has 0 spiro atoms. The molecule has 0 aromatic carbocycles. The lowest BCUT2D eigenvalue weighted by molar-refractivity contribution is 0.0430. The predicted octanol–water partition coefficient (Wildman–Crippen LogP) is 2.17. The van der Waals surface area contributed by atoms with Crippen molar-refractivity contribution in [2.45, 2.75) is 38.8 Å². The van der Waals surface area contributed by atoms with Crippen LogP contribution in [-0.2, 0) is 13.0 Å². The summed E-state index contributed by atoms with van der Waals surface area (Å²) in [5.41, 5.74) is 0. The molecule has 1 fully saturated rings. The number of aryl methyl sites for hydroxylation is 1. The van der Waals surface area contributed by atoms with Crippen molar-refractivity contribution in [3.63, 3.8) is 0 Å². The van der Waals surface area contributed by atoms with Crippen LogP contribution in [-0.4, -0.2) is 17.8 Å². The number of nitrogens with one attached hydrogen (secondary N) is 1. The Bertz CT molecular complexity index is 304. The van der Waals surface area contributed by atoms with Crippen molar-refractivity contribution in [3.8, 4) is 0 Å². The summed E-state index contributed by atoms with van der Waals surface area (Å²) in [4.78, 5) is 2.89. The fraction of sp³-hybridized carbons (Fsp3) is 0.667. The number of aliphatic hydroxyl groups excluding tert-OH is 1. The van der Waals surface area contributed by atoms with Crippen molar-refractivity contribution < 1.29 is 5.11 Å². The summed E-state index contributed by atoms with van der Waals surface area (Å²) >= 11 is 1.90. The molecule has 0 aliphatic heterocycles. The largest absolute Gasteiger partial charge is 0.393 e.